The van der Waals surface area contributed by atoms with Crippen LogP contribution in [0.5, 0.6) is 0 Å². The number of amides is 1. The van der Waals surface area contributed by atoms with Crippen molar-refractivity contribution < 1.29 is 9.53 Å². The van der Waals surface area contributed by atoms with Crippen LogP contribution in [0.25, 0.3) is 11.0 Å². The molecule has 0 radical (unpaired) electrons. The SMILES string of the molecule is Cc1nc2ccccc2n1CCCNC(=O)[C@@H]1CC[C@H](CN)O1. The highest BCUT2D eigenvalue weighted by Crippen LogP contribution is 2.19. The molecule has 2 heterocycles. The van der Waals surface area contributed by atoms with Crippen LogP contribution in [-0.2, 0) is 16.1 Å². The van der Waals surface area contributed by atoms with Crippen LogP contribution in [0, 0.1) is 6.92 Å². The molecule has 0 spiro atoms. The molecule has 6 nitrogen and oxygen atoms in total. The smallest absolute Gasteiger partial charge is 0.249 e. The van der Waals surface area contributed by atoms with Crippen LogP contribution in [0.15, 0.2) is 24.3 Å². The Balaban J connectivity index is 1.48. The van der Waals surface area contributed by atoms with Gasteiger partial charge in [0.05, 0.1) is 17.1 Å². The van der Waals surface area contributed by atoms with Gasteiger partial charge in [-0.05, 0) is 38.3 Å². The third-order valence-electron chi connectivity index (χ3n) is 4.37. The predicted molar refractivity (Wildman–Crippen MR) is 89.0 cm³/mol. The van der Waals surface area contributed by atoms with Crippen molar-refractivity contribution in [2.75, 3.05) is 13.1 Å². The minimum absolute atomic E-state index is 0.0202. The van der Waals surface area contributed by atoms with E-state index in [1.165, 1.54) is 0 Å². The third kappa shape index (κ3) is 3.54. The lowest BCUT2D eigenvalue weighted by Crippen LogP contribution is -2.36. The highest BCUT2D eigenvalue weighted by molar-refractivity contribution is 5.81. The van der Waals surface area contributed by atoms with Gasteiger partial charge in [-0.2, -0.15) is 0 Å². The van der Waals surface area contributed by atoms with Crippen LogP contribution in [0.3, 0.4) is 0 Å². The number of ether oxygens (including phenoxy) is 1. The van der Waals surface area contributed by atoms with Gasteiger partial charge in [-0.3, -0.25) is 4.79 Å². The van der Waals surface area contributed by atoms with E-state index in [1.54, 1.807) is 0 Å². The number of hydrogen-bond donors (Lipinski definition) is 2. The quantitative estimate of drug-likeness (QED) is 0.788. The molecule has 1 aliphatic rings. The Bertz CT molecular complexity index is 682. The fourth-order valence-electron chi connectivity index (χ4n) is 3.11. The van der Waals surface area contributed by atoms with E-state index in [2.05, 4.69) is 20.9 Å². The van der Waals surface area contributed by atoms with Gasteiger partial charge in [0.15, 0.2) is 0 Å². The second-order valence-corrected chi connectivity index (χ2v) is 6.00. The number of carbonyl (C=O) groups is 1. The Morgan fingerprint density at radius 3 is 3.04 bits per heavy atom. The first-order valence-electron chi connectivity index (χ1n) is 8.24. The first-order valence-corrected chi connectivity index (χ1v) is 8.24. The van der Waals surface area contributed by atoms with E-state index < -0.39 is 0 Å². The number of rotatable bonds is 6. The average Bonchev–Trinajstić information content (AvgIpc) is 3.15. The molecule has 3 N–H and O–H groups in total. The maximum Gasteiger partial charge on any atom is 0.249 e. The molecule has 124 valence electrons. The largest absolute Gasteiger partial charge is 0.364 e. The van der Waals surface area contributed by atoms with Gasteiger partial charge in [0, 0.05) is 19.6 Å². The summed E-state index contributed by atoms with van der Waals surface area (Å²) in [5.41, 5.74) is 7.72. The zero-order chi connectivity index (χ0) is 16.2. The van der Waals surface area contributed by atoms with Gasteiger partial charge in [-0.1, -0.05) is 12.1 Å². The van der Waals surface area contributed by atoms with Crippen molar-refractivity contribution in [1.82, 2.24) is 14.9 Å². The Hall–Kier alpha value is -1.92. The van der Waals surface area contributed by atoms with Crippen molar-refractivity contribution in [2.45, 2.75) is 44.9 Å². The van der Waals surface area contributed by atoms with Crippen LogP contribution >= 0.6 is 0 Å². The summed E-state index contributed by atoms with van der Waals surface area (Å²) >= 11 is 0. The fourth-order valence-corrected chi connectivity index (χ4v) is 3.11. The lowest BCUT2D eigenvalue weighted by Gasteiger charge is -2.13. The molecule has 1 amide bonds. The summed E-state index contributed by atoms with van der Waals surface area (Å²) in [5, 5.41) is 2.96. The van der Waals surface area contributed by atoms with E-state index in [0.29, 0.717) is 13.1 Å². The normalized spacial score (nSPS) is 21.0. The van der Waals surface area contributed by atoms with E-state index in [1.807, 2.05) is 25.1 Å². The monoisotopic (exact) mass is 316 g/mol. The number of imidazole rings is 1. The van der Waals surface area contributed by atoms with Crippen LogP contribution in [0.1, 0.15) is 25.1 Å². The van der Waals surface area contributed by atoms with Gasteiger partial charge in [0.25, 0.3) is 0 Å². The summed E-state index contributed by atoms with van der Waals surface area (Å²) in [4.78, 5) is 16.6. The van der Waals surface area contributed by atoms with Crippen molar-refractivity contribution in [1.29, 1.82) is 0 Å². The number of aromatic nitrogens is 2. The zero-order valence-corrected chi connectivity index (χ0v) is 13.5. The van der Waals surface area contributed by atoms with Gasteiger partial charge in [0.2, 0.25) is 5.91 Å². The number of hydrogen-bond acceptors (Lipinski definition) is 4. The average molecular weight is 316 g/mol. The molecule has 0 unspecified atom stereocenters. The Labute approximate surface area is 136 Å². The summed E-state index contributed by atoms with van der Waals surface area (Å²) in [6.07, 6.45) is 2.19. The number of aryl methyl sites for hydroxylation is 2. The highest BCUT2D eigenvalue weighted by atomic mass is 16.5. The standard InChI is InChI=1S/C17H24N4O2/c1-12-20-14-5-2-3-6-15(14)21(12)10-4-9-19-17(22)16-8-7-13(11-18)23-16/h2-3,5-6,13,16H,4,7-11,18H2,1H3,(H,19,22)/t13-,16+/m1/s1. The summed E-state index contributed by atoms with van der Waals surface area (Å²) in [6.45, 7) is 3.97. The molecule has 1 saturated heterocycles. The van der Waals surface area contributed by atoms with E-state index in [9.17, 15) is 4.79 Å². The Morgan fingerprint density at radius 2 is 2.26 bits per heavy atom. The van der Waals surface area contributed by atoms with Gasteiger partial charge < -0.3 is 20.4 Å². The van der Waals surface area contributed by atoms with Crippen molar-refractivity contribution in [3.63, 3.8) is 0 Å². The molecule has 3 rings (SSSR count). The summed E-state index contributed by atoms with van der Waals surface area (Å²) in [7, 11) is 0. The summed E-state index contributed by atoms with van der Waals surface area (Å²) < 4.78 is 7.79. The van der Waals surface area contributed by atoms with Crippen LogP contribution in [0.2, 0.25) is 0 Å². The minimum atomic E-state index is -0.334. The molecule has 0 bridgehead atoms. The van der Waals surface area contributed by atoms with Crippen molar-refractivity contribution in [3.8, 4) is 0 Å². The number of fused-ring (bicyclic) bond motifs is 1. The molecule has 1 aromatic carbocycles. The first-order chi connectivity index (χ1) is 11.2. The minimum Gasteiger partial charge on any atom is -0.364 e. The van der Waals surface area contributed by atoms with E-state index in [-0.39, 0.29) is 18.1 Å². The van der Waals surface area contributed by atoms with Gasteiger partial charge in [-0.15, -0.1) is 0 Å². The number of nitrogens with zero attached hydrogens (tertiary/aromatic N) is 2. The second kappa shape index (κ2) is 7.10. The Kier molecular flexibility index (Phi) is 4.93. The number of nitrogens with two attached hydrogens (primary N) is 1. The van der Waals surface area contributed by atoms with E-state index >= 15 is 0 Å². The fraction of sp³-hybridized carbons (Fsp3) is 0.529. The molecular formula is C17H24N4O2. The molecule has 2 atom stereocenters. The maximum atomic E-state index is 12.1. The third-order valence-corrected chi connectivity index (χ3v) is 4.37. The molecule has 2 aromatic rings. The lowest BCUT2D eigenvalue weighted by molar-refractivity contribution is -0.131. The Morgan fingerprint density at radius 1 is 1.43 bits per heavy atom. The zero-order valence-electron chi connectivity index (χ0n) is 13.5. The van der Waals surface area contributed by atoms with Crippen molar-refractivity contribution in [3.05, 3.63) is 30.1 Å². The first kappa shape index (κ1) is 16.0. The topological polar surface area (TPSA) is 82.2 Å². The van der Waals surface area contributed by atoms with Gasteiger partial charge in [0.1, 0.15) is 11.9 Å². The second-order valence-electron chi connectivity index (χ2n) is 6.00. The molecule has 23 heavy (non-hydrogen) atoms. The van der Waals surface area contributed by atoms with Crippen molar-refractivity contribution >= 4 is 16.9 Å². The van der Waals surface area contributed by atoms with Crippen LogP contribution in [0.4, 0.5) is 0 Å². The molecule has 0 aliphatic carbocycles. The number of carbonyl (C=O) groups excluding carboxylic acids is 1. The molecule has 1 aliphatic heterocycles. The van der Waals surface area contributed by atoms with Crippen molar-refractivity contribution in [2.24, 2.45) is 5.73 Å². The lowest BCUT2D eigenvalue weighted by atomic mass is 10.2. The van der Waals surface area contributed by atoms with E-state index in [0.717, 1.165) is 42.7 Å². The van der Waals surface area contributed by atoms with Gasteiger partial charge in [-0.25, -0.2) is 4.98 Å². The molecule has 1 aromatic heterocycles. The number of nitrogens with one attached hydrogen (secondary N) is 1. The maximum absolute atomic E-state index is 12.1. The number of para-hydroxylation sites is 2. The molecule has 1 fully saturated rings. The predicted octanol–water partition coefficient (Wildman–Crippen LogP) is 1.36. The molecular weight excluding hydrogens is 292 g/mol. The molecule has 6 heteroatoms. The highest BCUT2D eigenvalue weighted by Gasteiger charge is 2.29. The van der Waals surface area contributed by atoms with Crippen LogP contribution in [-0.4, -0.2) is 40.8 Å². The van der Waals surface area contributed by atoms with Crippen LogP contribution < -0.4 is 11.1 Å². The summed E-state index contributed by atoms with van der Waals surface area (Å²) in [5.74, 6) is 0.982. The van der Waals surface area contributed by atoms with E-state index in [4.69, 9.17) is 10.5 Å². The number of benzene rings is 1. The van der Waals surface area contributed by atoms with Gasteiger partial charge >= 0.3 is 0 Å². The molecule has 0 saturated carbocycles. The summed E-state index contributed by atoms with van der Waals surface area (Å²) in [6, 6.07) is 8.11.